The summed E-state index contributed by atoms with van der Waals surface area (Å²) < 4.78 is 10.8. The van der Waals surface area contributed by atoms with Crippen LogP contribution in [0.15, 0.2) is 33.8 Å². The van der Waals surface area contributed by atoms with Crippen molar-refractivity contribution in [3.05, 3.63) is 35.2 Å². The van der Waals surface area contributed by atoms with Crippen LogP contribution in [0, 0.1) is 5.92 Å². The van der Waals surface area contributed by atoms with Gasteiger partial charge in [-0.25, -0.2) is 0 Å². The summed E-state index contributed by atoms with van der Waals surface area (Å²) in [6.45, 7) is 7.72. The summed E-state index contributed by atoms with van der Waals surface area (Å²) in [6.07, 6.45) is 1.84. The highest BCUT2D eigenvalue weighted by molar-refractivity contribution is 6.30. The molecule has 8 nitrogen and oxygen atoms in total. The van der Waals surface area contributed by atoms with Crippen LogP contribution in [-0.2, 0) is 11.2 Å². The third-order valence-corrected chi connectivity index (χ3v) is 5.86. The molecule has 1 atom stereocenters. The smallest absolute Gasteiger partial charge is 0.228 e. The molecule has 4 rings (SSSR count). The Balaban J connectivity index is 1.23. The number of nitrogens with one attached hydrogen (secondary N) is 1. The molecule has 162 valence electrons. The minimum atomic E-state index is 0.580. The number of aliphatic imine (C=N–C) groups is 1. The van der Waals surface area contributed by atoms with Gasteiger partial charge >= 0.3 is 0 Å². The molecule has 2 fully saturated rings. The van der Waals surface area contributed by atoms with Crippen LogP contribution in [0.4, 0.5) is 0 Å². The number of ether oxygens (including phenoxy) is 1. The molecule has 3 heterocycles. The normalized spacial score (nSPS) is 20.7. The highest BCUT2D eigenvalue weighted by atomic mass is 35.5. The Morgan fingerprint density at radius 1 is 1.23 bits per heavy atom. The molecule has 1 unspecified atom stereocenters. The fourth-order valence-electron chi connectivity index (χ4n) is 4.01. The third kappa shape index (κ3) is 5.50. The second-order valence-electron chi connectivity index (χ2n) is 7.76. The van der Waals surface area contributed by atoms with E-state index in [4.69, 9.17) is 20.9 Å². The third-order valence-electron chi connectivity index (χ3n) is 5.61. The van der Waals surface area contributed by atoms with E-state index < -0.39 is 0 Å². The summed E-state index contributed by atoms with van der Waals surface area (Å²) in [7, 11) is 1.84. The number of hydrogen-bond acceptors (Lipinski definition) is 6. The number of aromatic nitrogens is 2. The van der Waals surface area contributed by atoms with Gasteiger partial charge in [-0.3, -0.25) is 9.89 Å². The number of benzene rings is 1. The van der Waals surface area contributed by atoms with E-state index in [0.29, 0.717) is 35.6 Å². The molecule has 30 heavy (non-hydrogen) atoms. The minimum Gasteiger partial charge on any atom is -0.379 e. The lowest BCUT2D eigenvalue weighted by Gasteiger charge is -2.29. The van der Waals surface area contributed by atoms with Gasteiger partial charge in [0.25, 0.3) is 0 Å². The lowest BCUT2D eigenvalue weighted by atomic mass is 10.1. The average Bonchev–Trinajstić information content (AvgIpc) is 3.42. The van der Waals surface area contributed by atoms with Crippen molar-refractivity contribution in [1.82, 2.24) is 25.3 Å². The van der Waals surface area contributed by atoms with Crippen molar-refractivity contribution >= 4 is 17.6 Å². The Morgan fingerprint density at radius 3 is 2.80 bits per heavy atom. The monoisotopic (exact) mass is 432 g/mol. The molecule has 0 amide bonds. The van der Waals surface area contributed by atoms with Gasteiger partial charge < -0.3 is 19.5 Å². The highest BCUT2D eigenvalue weighted by Crippen LogP contribution is 2.19. The number of likely N-dealkylation sites (tertiary alicyclic amines) is 1. The van der Waals surface area contributed by atoms with Crippen LogP contribution < -0.4 is 5.32 Å². The first kappa shape index (κ1) is 21.1. The Morgan fingerprint density at radius 2 is 2.03 bits per heavy atom. The molecule has 2 saturated heterocycles. The number of hydrogen-bond donors (Lipinski definition) is 1. The minimum absolute atomic E-state index is 0.580. The van der Waals surface area contributed by atoms with Gasteiger partial charge in [-0.05, 0) is 36.6 Å². The fourth-order valence-corrected chi connectivity index (χ4v) is 4.14. The maximum absolute atomic E-state index is 5.93. The van der Waals surface area contributed by atoms with E-state index in [-0.39, 0.29) is 0 Å². The lowest BCUT2D eigenvalue weighted by Crippen LogP contribution is -2.42. The maximum atomic E-state index is 5.93. The molecule has 2 aliphatic rings. The van der Waals surface area contributed by atoms with E-state index >= 15 is 0 Å². The molecule has 0 aliphatic carbocycles. The van der Waals surface area contributed by atoms with Crippen molar-refractivity contribution in [1.29, 1.82) is 0 Å². The van der Waals surface area contributed by atoms with Crippen LogP contribution in [0.3, 0.4) is 0 Å². The lowest BCUT2D eigenvalue weighted by molar-refractivity contribution is 0.0315. The van der Waals surface area contributed by atoms with Gasteiger partial charge in [-0.2, -0.15) is 4.98 Å². The Kier molecular flexibility index (Phi) is 7.20. The van der Waals surface area contributed by atoms with Gasteiger partial charge in [0.2, 0.25) is 11.7 Å². The van der Waals surface area contributed by atoms with Gasteiger partial charge in [0.15, 0.2) is 5.96 Å². The summed E-state index contributed by atoms with van der Waals surface area (Å²) in [4.78, 5) is 13.8. The van der Waals surface area contributed by atoms with E-state index in [1.165, 1.54) is 6.42 Å². The summed E-state index contributed by atoms with van der Waals surface area (Å²) in [5, 5.41) is 8.19. The SMILES string of the molecule is CN=C(NCCc1nc(-c2ccc(Cl)cc2)no1)N1CCC(CN2CCOCC2)C1. The average molecular weight is 433 g/mol. The van der Waals surface area contributed by atoms with E-state index in [9.17, 15) is 0 Å². The van der Waals surface area contributed by atoms with Gasteiger partial charge in [-0.1, -0.05) is 16.8 Å². The van der Waals surface area contributed by atoms with Crippen molar-refractivity contribution in [3.8, 4) is 11.4 Å². The number of nitrogens with zero attached hydrogens (tertiary/aromatic N) is 5. The molecule has 9 heteroatoms. The summed E-state index contributed by atoms with van der Waals surface area (Å²) in [6, 6.07) is 7.41. The van der Waals surface area contributed by atoms with Gasteiger partial charge in [0.1, 0.15) is 0 Å². The van der Waals surface area contributed by atoms with E-state index in [1.807, 2.05) is 31.3 Å². The molecule has 1 aromatic carbocycles. The molecular formula is C21H29ClN6O2. The number of morpholine rings is 1. The summed E-state index contributed by atoms with van der Waals surface area (Å²) in [5.41, 5.74) is 0.890. The Bertz CT molecular complexity index is 834. The second-order valence-corrected chi connectivity index (χ2v) is 8.19. The molecule has 2 aliphatic heterocycles. The molecular weight excluding hydrogens is 404 g/mol. The van der Waals surface area contributed by atoms with Crippen LogP contribution in [0.5, 0.6) is 0 Å². The van der Waals surface area contributed by atoms with Crippen molar-refractivity contribution < 1.29 is 9.26 Å². The zero-order chi connectivity index (χ0) is 20.8. The summed E-state index contributed by atoms with van der Waals surface area (Å²) in [5.74, 6) is 2.81. The molecule has 0 saturated carbocycles. The predicted molar refractivity (Wildman–Crippen MR) is 117 cm³/mol. The molecule has 0 bridgehead atoms. The highest BCUT2D eigenvalue weighted by Gasteiger charge is 2.27. The standard InChI is InChI=1S/C21H29ClN6O2/c1-23-21(28-9-7-16(15-28)14-27-10-12-29-13-11-27)24-8-6-19-25-20(26-30-19)17-2-4-18(22)5-3-17/h2-5,16H,6-15H2,1H3,(H,23,24). The second kappa shape index (κ2) is 10.2. The van der Waals surface area contributed by atoms with Crippen LogP contribution in [0.25, 0.3) is 11.4 Å². The van der Waals surface area contributed by atoms with Crippen LogP contribution >= 0.6 is 11.6 Å². The maximum Gasteiger partial charge on any atom is 0.228 e. The van der Waals surface area contributed by atoms with Crippen LogP contribution in [0.2, 0.25) is 5.02 Å². The number of halogens is 1. The molecule has 0 radical (unpaired) electrons. The topological polar surface area (TPSA) is 79.0 Å². The van der Waals surface area contributed by atoms with E-state index in [1.54, 1.807) is 0 Å². The molecule has 1 aromatic heterocycles. The van der Waals surface area contributed by atoms with Crippen molar-refractivity contribution in [3.63, 3.8) is 0 Å². The largest absolute Gasteiger partial charge is 0.379 e. The summed E-state index contributed by atoms with van der Waals surface area (Å²) >= 11 is 5.93. The van der Waals surface area contributed by atoms with Gasteiger partial charge in [0, 0.05) is 63.3 Å². The molecule has 0 spiro atoms. The molecule has 1 N–H and O–H groups in total. The van der Waals surface area contributed by atoms with Gasteiger partial charge in [0.05, 0.1) is 13.2 Å². The number of rotatable bonds is 6. The predicted octanol–water partition coefficient (Wildman–Crippen LogP) is 2.16. The molecule has 2 aromatic rings. The Hall–Kier alpha value is -2.16. The number of guanidine groups is 1. The van der Waals surface area contributed by atoms with E-state index in [2.05, 4.69) is 30.2 Å². The first-order valence-electron chi connectivity index (χ1n) is 10.6. The van der Waals surface area contributed by atoms with Crippen LogP contribution in [0.1, 0.15) is 12.3 Å². The van der Waals surface area contributed by atoms with Crippen molar-refractivity contribution in [2.24, 2.45) is 10.9 Å². The zero-order valence-corrected chi connectivity index (χ0v) is 18.1. The van der Waals surface area contributed by atoms with Gasteiger partial charge in [-0.15, -0.1) is 0 Å². The quantitative estimate of drug-likeness (QED) is 0.553. The zero-order valence-electron chi connectivity index (χ0n) is 17.4. The van der Waals surface area contributed by atoms with Crippen molar-refractivity contribution in [2.45, 2.75) is 12.8 Å². The Labute approximate surface area is 182 Å². The van der Waals surface area contributed by atoms with Crippen molar-refractivity contribution in [2.75, 3.05) is 59.5 Å². The first-order chi connectivity index (χ1) is 14.7. The van der Waals surface area contributed by atoms with E-state index in [0.717, 1.165) is 57.5 Å². The first-order valence-corrected chi connectivity index (χ1v) is 10.9. The van der Waals surface area contributed by atoms with Crippen LogP contribution in [-0.4, -0.2) is 85.4 Å². The fraction of sp³-hybridized carbons (Fsp3) is 0.571.